The van der Waals surface area contributed by atoms with E-state index in [9.17, 15) is 9.59 Å². The number of thiazole rings is 1. The molecule has 0 aliphatic carbocycles. The van der Waals surface area contributed by atoms with Crippen LogP contribution in [0.4, 0.5) is 0 Å². The van der Waals surface area contributed by atoms with Crippen molar-refractivity contribution in [2.24, 2.45) is 0 Å². The minimum atomic E-state index is -0.191. The Morgan fingerprint density at radius 3 is 2.63 bits per heavy atom. The van der Waals surface area contributed by atoms with Gasteiger partial charge in [0.15, 0.2) is 0 Å². The minimum absolute atomic E-state index is 0.160. The van der Waals surface area contributed by atoms with Gasteiger partial charge in [-0.15, -0.1) is 11.3 Å². The van der Waals surface area contributed by atoms with Gasteiger partial charge in [0.05, 0.1) is 5.69 Å². The molecule has 0 saturated heterocycles. The molecule has 2 amide bonds. The van der Waals surface area contributed by atoms with Gasteiger partial charge in [0, 0.05) is 29.7 Å². The third-order valence-corrected chi connectivity index (χ3v) is 5.38. The van der Waals surface area contributed by atoms with Gasteiger partial charge in [-0.1, -0.05) is 35.9 Å². The van der Waals surface area contributed by atoms with Crippen molar-refractivity contribution in [3.8, 4) is 10.6 Å². The van der Waals surface area contributed by atoms with Crippen molar-refractivity contribution in [1.82, 2.24) is 15.6 Å². The van der Waals surface area contributed by atoms with E-state index in [-0.39, 0.29) is 11.8 Å². The number of halogens is 1. The lowest BCUT2D eigenvalue weighted by molar-refractivity contribution is 0.0951. The van der Waals surface area contributed by atoms with Gasteiger partial charge in [-0.2, -0.15) is 0 Å². The molecule has 0 spiro atoms. The maximum Gasteiger partial charge on any atom is 0.263 e. The van der Waals surface area contributed by atoms with Crippen molar-refractivity contribution in [2.45, 2.75) is 13.5 Å². The van der Waals surface area contributed by atoms with Gasteiger partial charge in [0.2, 0.25) is 0 Å². The Labute approximate surface area is 166 Å². The summed E-state index contributed by atoms with van der Waals surface area (Å²) in [4.78, 5) is 29.4. The molecule has 2 aromatic carbocycles. The number of nitrogens with zero attached hydrogens (tertiary/aromatic N) is 1. The molecular formula is C20H18ClN3O2S. The fourth-order valence-electron chi connectivity index (χ4n) is 2.58. The molecule has 1 aromatic heterocycles. The number of hydrogen-bond donors (Lipinski definition) is 2. The van der Waals surface area contributed by atoms with Gasteiger partial charge in [0.25, 0.3) is 11.8 Å². The topological polar surface area (TPSA) is 71.1 Å². The van der Waals surface area contributed by atoms with E-state index in [4.69, 9.17) is 11.6 Å². The molecule has 0 aliphatic rings. The monoisotopic (exact) mass is 399 g/mol. The number of nitrogens with one attached hydrogen (secondary N) is 2. The number of aromatic nitrogens is 1. The summed E-state index contributed by atoms with van der Waals surface area (Å²) in [6.07, 6.45) is 0. The van der Waals surface area contributed by atoms with Gasteiger partial charge in [-0.3, -0.25) is 9.59 Å². The largest absolute Gasteiger partial charge is 0.355 e. The number of rotatable bonds is 5. The van der Waals surface area contributed by atoms with Gasteiger partial charge in [0.1, 0.15) is 9.88 Å². The summed E-state index contributed by atoms with van der Waals surface area (Å²) >= 11 is 7.37. The van der Waals surface area contributed by atoms with Crippen LogP contribution in [0.25, 0.3) is 10.6 Å². The molecule has 2 N–H and O–H groups in total. The summed E-state index contributed by atoms with van der Waals surface area (Å²) in [7, 11) is 1.58. The summed E-state index contributed by atoms with van der Waals surface area (Å²) in [5.41, 5.74) is 2.96. The van der Waals surface area contributed by atoms with Crippen LogP contribution in [0.15, 0.2) is 48.5 Å². The van der Waals surface area contributed by atoms with E-state index < -0.39 is 0 Å². The molecule has 0 fully saturated rings. The van der Waals surface area contributed by atoms with E-state index in [1.165, 1.54) is 11.3 Å². The molecule has 0 radical (unpaired) electrons. The summed E-state index contributed by atoms with van der Waals surface area (Å²) < 4.78 is 0. The van der Waals surface area contributed by atoms with Crippen LogP contribution in [0.1, 0.15) is 31.3 Å². The molecular weight excluding hydrogens is 382 g/mol. The molecule has 27 heavy (non-hydrogen) atoms. The van der Waals surface area contributed by atoms with Crippen molar-refractivity contribution in [2.75, 3.05) is 7.05 Å². The van der Waals surface area contributed by atoms with Crippen LogP contribution in [-0.2, 0) is 6.54 Å². The number of carbonyl (C=O) groups is 2. The second kappa shape index (κ2) is 8.33. The Morgan fingerprint density at radius 1 is 1.11 bits per heavy atom. The molecule has 7 heteroatoms. The fraction of sp³-hybridized carbons (Fsp3) is 0.150. The number of carbonyl (C=O) groups excluding carboxylic acids is 2. The lowest BCUT2D eigenvalue weighted by Crippen LogP contribution is -2.23. The van der Waals surface area contributed by atoms with Crippen LogP contribution in [0.5, 0.6) is 0 Å². The Bertz CT molecular complexity index is 1000. The molecule has 1 heterocycles. The predicted molar refractivity (Wildman–Crippen MR) is 108 cm³/mol. The normalized spacial score (nSPS) is 10.5. The van der Waals surface area contributed by atoms with E-state index in [0.29, 0.717) is 27.7 Å². The smallest absolute Gasteiger partial charge is 0.263 e. The van der Waals surface area contributed by atoms with Crippen LogP contribution < -0.4 is 10.6 Å². The Kier molecular flexibility index (Phi) is 5.88. The van der Waals surface area contributed by atoms with Crippen molar-refractivity contribution in [1.29, 1.82) is 0 Å². The van der Waals surface area contributed by atoms with Crippen LogP contribution in [0.3, 0.4) is 0 Å². The summed E-state index contributed by atoms with van der Waals surface area (Å²) in [5.74, 6) is -0.351. The van der Waals surface area contributed by atoms with E-state index in [2.05, 4.69) is 15.6 Å². The fourth-order valence-corrected chi connectivity index (χ4v) is 3.75. The standard InChI is InChI=1S/C20H18ClN3O2S/c1-12-17(27-20(24-12)15-7-4-8-16(21)10-15)19(26)23-11-13-5-3-6-14(9-13)18(25)22-2/h3-10H,11H2,1-2H3,(H,22,25)(H,23,26). The number of aryl methyl sites for hydroxylation is 1. The molecule has 0 unspecified atom stereocenters. The molecule has 0 bridgehead atoms. The zero-order valence-corrected chi connectivity index (χ0v) is 16.4. The van der Waals surface area contributed by atoms with E-state index in [0.717, 1.165) is 16.1 Å². The molecule has 0 saturated carbocycles. The van der Waals surface area contributed by atoms with Crippen molar-refractivity contribution in [3.63, 3.8) is 0 Å². The molecule has 0 aliphatic heterocycles. The van der Waals surface area contributed by atoms with Gasteiger partial charge < -0.3 is 10.6 Å². The van der Waals surface area contributed by atoms with Crippen LogP contribution in [-0.4, -0.2) is 23.8 Å². The molecule has 0 atom stereocenters. The highest BCUT2D eigenvalue weighted by Gasteiger charge is 2.16. The first-order chi connectivity index (χ1) is 13.0. The maximum atomic E-state index is 12.6. The third-order valence-electron chi connectivity index (χ3n) is 3.94. The van der Waals surface area contributed by atoms with E-state index >= 15 is 0 Å². The second-order valence-corrected chi connectivity index (χ2v) is 7.34. The Hall–Kier alpha value is -2.70. The summed E-state index contributed by atoms with van der Waals surface area (Å²) in [6.45, 7) is 2.14. The van der Waals surface area contributed by atoms with Crippen molar-refractivity contribution >= 4 is 34.8 Å². The zero-order chi connectivity index (χ0) is 19.4. The SMILES string of the molecule is CNC(=O)c1cccc(CNC(=O)c2sc(-c3cccc(Cl)c3)nc2C)c1. The van der Waals surface area contributed by atoms with Crippen LogP contribution in [0.2, 0.25) is 5.02 Å². The van der Waals surface area contributed by atoms with Crippen molar-refractivity contribution in [3.05, 3.63) is 75.3 Å². The van der Waals surface area contributed by atoms with Gasteiger partial charge in [-0.25, -0.2) is 4.98 Å². The van der Waals surface area contributed by atoms with Crippen LogP contribution >= 0.6 is 22.9 Å². The lowest BCUT2D eigenvalue weighted by atomic mass is 10.1. The predicted octanol–water partition coefficient (Wildman–Crippen LogP) is 4.06. The highest BCUT2D eigenvalue weighted by molar-refractivity contribution is 7.17. The summed E-state index contributed by atoms with van der Waals surface area (Å²) in [6, 6.07) is 14.5. The van der Waals surface area contributed by atoms with E-state index in [1.807, 2.05) is 31.2 Å². The van der Waals surface area contributed by atoms with Crippen molar-refractivity contribution < 1.29 is 9.59 Å². The first-order valence-electron chi connectivity index (χ1n) is 8.30. The van der Waals surface area contributed by atoms with Gasteiger partial charge >= 0.3 is 0 Å². The van der Waals surface area contributed by atoms with Crippen LogP contribution in [0, 0.1) is 6.92 Å². The molecule has 138 valence electrons. The second-order valence-electron chi connectivity index (χ2n) is 5.91. The number of benzene rings is 2. The van der Waals surface area contributed by atoms with Gasteiger partial charge in [-0.05, 0) is 36.8 Å². The lowest BCUT2D eigenvalue weighted by Gasteiger charge is -2.06. The highest BCUT2D eigenvalue weighted by atomic mass is 35.5. The highest BCUT2D eigenvalue weighted by Crippen LogP contribution is 2.29. The number of amides is 2. The average Bonchev–Trinajstić information content (AvgIpc) is 3.07. The molecule has 3 rings (SSSR count). The Morgan fingerprint density at radius 2 is 1.89 bits per heavy atom. The molecule has 5 nitrogen and oxygen atoms in total. The Balaban J connectivity index is 1.73. The summed E-state index contributed by atoms with van der Waals surface area (Å²) in [5, 5.41) is 6.86. The van der Waals surface area contributed by atoms with E-state index in [1.54, 1.807) is 31.3 Å². The maximum absolute atomic E-state index is 12.6. The quantitative estimate of drug-likeness (QED) is 0.679. The number of hydrogen-bond acceptors (Lipinski definition) is 4. The molecule has 3 aromatic rings. The zero-order valence-electron chi connectivity index (χ0n) is 14.9. The average molecular weight is 400 g/mol. The first-order valence-corrected chi connectivity index (χ1v) is 9.50. The third kappa shape index (κ3) is 4.53. The minimum Gasteiger partial charge on any atom is -0.355 e. The first kappa shape index (κ1) is 19.1.